The molecule has 112 valence electrons. The molecule has 0 aliphatic carbocycles. The SMILES string of the molecule is C=CC(C)(C)[C@H](O)/C(C)=C/CO[Si](C)(C)C(C)(C)C. The van der Waals surface area contributed by atoms with Gasteiger partial charge in [0.15, 0.2) is 8.32 Å². The highest BCUT2D eigenvalue weighted by molar-refractivity contribution is 6.74. The predicted molar refractivity (Wildman–Crippen MR) is 86.9 cm³/mol. The van der Waals surface area contributed by atoms with Crippen LogP contribution in [0.3, 0.4) is 0 Å². The first-order valence-corrected chi connectivity index (χ1v) is 9.88. The molecule has 0 aliphatic rings. The maximum Gasteiger partial charge on any atom is 0.192 e. The van der Waals surface area contributed by atoms with E-state index >= 15 is 0 Å². The van der Waals surface area contributed by atoms with Gasteiger partial charge in [0, 0.05) is 5.41 Å². The van der Waals surface area contributed by atoms with Crippen molar-refractivity contribution >= 4 is 8.32 Å². The van der Waals surface area contributed by atoms with E-state index in [2.05, 4.69) is 40.4 Å². The molecule has 19 heavy (non-hydrogen) atoms. The summed E-state index contributed by atoms with van der Waals surface area (Å²) in [5, 5.41) is 10.5. The molecule has 0 aromatic heterocycles. The molecular weight excluding hydrogens is 252 g/mol. The lowest BCUT2D eigenvalue weighted by Crippen LogP contribution is -2.40. The van der Waals surface area contributed by atoms with Gasteiger partial charge in [0.25, 0.3) is 0 Å². The molecule has 0 saturated carbocycles. The number of aliphatic hydroxyl groups excluding tert-OH is 1. The van der Waals surface area contributed by atoms with E-state index in [4.69, 9.17) is 4.43 Å². The zero-order chi connectivity index (χ0) is 15.5. The zero-order valence-corrected chi connectivity index (χ0v) is 15.0. The highest BCUT2D eigenvalue weighted by atomic mass is 28.4. The van der Waals surface area contributed by atoms with Crippen molar-refractivity contribution in [3.05, 3.63) is 24.3 Å². The third-order valence-corrected chi connectivity index (χ3v) is 8.82. The van der Waals surface area contributed by atoms with Gasteiger partial charge >= 0.3 is 0 Å². The van der Waals surface area contributed by atoms with Crippen LogP contribution in [0.15, 0.2) is 24.3 Å². The molecule has 3 heteroatoms. The summed E-state index contributed by atoms with van der Waals surface area (Å²) in [7, 11) is -1.71. The van der Waals surface area contributed by atoms with E-state index in [-0.39, 0.29) is 10.5 Å². The molecule has 0 aromatic rings. The van der Waals surface area contributed by atoms with Gasteiger partial charge in [-0.15, -0.1) is 6.58 Å². The first kappa shape index (κ1) is 18.6. The summed E-state index contributed by atoms with van der Waals surface area (Å²) in [6.07, 6.45) is 3.29. The van der Waals surface area contributed by atoms with Crippen LogP contribution in [0.5, 0.6) is 0 Å². The first-order valence-electron chi connectivity index (χ1n) is 6.97. The maximum absolute atomic E-state index is 10.3. The number of hydrogen-bond acceptors (Lipinski definition) is 2. The van der Waals surface area contributed by atoms with Gasteiger partial charge < -0.3 is 9.53 Å². The third-order valence-electron chi connectivity index (χ3n) is 4.32. The molecule has 2 nitrogen and oxygen atoms in total. The van der Waals surface area contributed by atoms with Crippen molar-refractivity contribution in [2.45, 2.75) is 65.8 Å². The van der Waals surface area contributed by atoms with Crippen molar-refractivity contribution in [1.29, 1.82) is 0 Å². The fraction of sp³-hybridized carbons (Fsp3) is 0.750. The van der Waals surface area contributed by atoms with Gasteiger partial charge in [-0.2, -0.15) is 0 Å². The Morgan fingerprint density at radius 2 is 1.74 bits per heavy atom. The van der Waals surface area contributed by atoms with Crippen molar-refractivity contribution in [2.24, 2.45) is 5.41 Å². The average molecular weight is 285 g/mol. The van der Waals surface area contributed by atoms with Crippen LogP contribution in [0.4, 0.5) is 0 Å². The Hall–Kier alpha value is -0.383. The van der Waals surface area contributed by atoms with Crippen LogP contribution in [0, 0.1) is 5.41 Å². The van der Waals surface area contributed by atoms with Crippen LogP contribution in [-0.2, 0) is 4.43 Å². The summed E-state index contributed by atoms with van der Waals surface area (Å²) in [6, 6.07) is 0. The van der Waals surface area contributed by atoms with E-state index in [0.29, 0.717) is 6.61 Å². The van der Waals surface area contributed by atoms with E-state index in [1.165, 1.54) is 0 Å². The second-order valence-corrected chi connectivity index (χ2v) is 12.3. The molecule has 0 saturated heterocycles. The van der Waals surface area contributed by atoms with E-state index < -0.39 is 14.4 Å². The van der Waals surface area contributed by atoms with Gasteiger partial charge in [-0.05, 0) is 30.6 Å². The minimum atomic E-state index is -1.71. The van der Waals surface area contributed by atoms with Crippen molar-refractivity contribution < 1.29 is 9.53 Å². The molecule has 1 atom stereocenters. The molecule has 0 unspecified atom stereocenters. The largest absolute Gasteiger partial charge is 0.413 e. The first-order chi connectivity index (χ1) is 8.35. The Bertz CT molecular complexity index is 335. The van der Waals surface area contributed by atoms with Gasteiger partial charge in [0.2, 0.25) is 0 Å². The van der Waals surface area contributed by atoms with E-state index in [1.807, 2.05) is 26.8 Å². The van der Waals surface area contributed by atoms with Gasteiger partial charge in [0.1, 0.15) is 0 Å². The highest BCUT2D eigenvalue weighted by Gasteiger charge is 2.36. The molecule has 1 N–H and O–H groups in total. The molecule has 0 spiro atoms. The van der Waals surface area contributed by atoms with Crippen molar-refractivity contribution in [2.75, 3.05) is 6.61 Å². The Balaban J connectivity index is 4.63. The average Bonchev–Trinajstić information content (AvgIpc) is 2.26. The Labute approximate surface area is 120 Å². The number of aliphatic hydroxyl groups is 1. The van der Waals surface area contributed by atoms with Gasteiger partial charge in [-0.3, -0.25) is 0 Å². The quantitative estimate of drug-likeness (QED) is 0.573. The fourth-order valence-electron chi connectivity index (χ4n) is 1.41. The summed E-state index contributed by atoms with van der Waals surface area (Å²) < 4.78 is 6.09. The van der Waals surface area contributed by atoms with Crippen LogP contribution in [0.1, 0.15) is 41.5 Å². The van der Waals surface area contributed by atoms with Crippen LogP contribution < -0.4 is 0 Å². The molecule has 0 bridgehead atoms. The van der Waals surface area contributed by atoms with Crippen molar-refractivity contribution in [1.82, 2.24) is 0 Å². The standard InChI is InChI=1S/C16H32O2Si/c1-10-16(6,7)14(17)13(2)11-12-18-19(8,9)15(3,4)5/h10-11,14,17H,1,12H2,2-9H3/b13-11+/t14-/m1/s1. The smallest absolute Gasteiger partial charge is 0.192 e. The zero-order valence-electron chi connectivity index (χ0n) is 14.0. The molecular formula is C16H32O2Si. The molecule has 0 rings (SSSR count). The minimum absolute atomic E-state index is 0.216. The summed E-state index contributed by atoms with van der Waals surface area (Å²) in [6.45, 7) is 21.4. The Kier molecular flexibility index (Phi) is 6.25. The lowest BCUT2D eigenvalue weighted by Gasteiger charge is -2.36. The molecule has 0 aliphatic heterocycles. The second kappa shape index (κ2) is 6.38. The van der Waals surface area contributed by atoms with Crippen LogP contribution in [0.2, 0.25) is 18.1 Å². The van der Waals surface area contributed by atoms with Gasteiger partial charge in [-0.25, -0.2) is 0 Å². The third kappa shape index (κ3) is 5.25. The summed E-state index contributed by atoms with van der Waals surface area (Å²) in [5.74, 6) is 0. The fourth-order valence-corrected chi connectivity index (χ4v) is 2.34. The molecule has 0 amide bonds. The summed E-state index contributed by atoms with van der Waals surface area (Å²) in [4.78, 5) is 0. The monoisotopic (exact) mass is 284 g/mol. The molecule has 0 radical (unpaired) electrons. The van der Waals surface area contributed by atoms with Crippen LogP contribution in [-0.4, -0.2) is 26.1 Å². The minimum Gasteiger partial charge on any atom is -0.413 e. The summed E-state index contributed by atoms with van der Waals surface area (Å²) >= 11 is 0. The summed E-state index contributed by atoms with van der Waals surface area (Å²) in [5.41, 5.74) is 0.640. The lowest BCUT2D eigenvalue weighted by molar-refractivity contribution is 0.114. The second-order valence-electron chi connectivity index (χ2n) is 7.45. The predicted octanol–water partition coefficient (Wildman–Crippen LogP) is 4.53. The molecule has 0 heterocycles. The van der Waals surface area contributed by atoms with Crippen LogP contribution >= 0.6 is 0 Å². The van der Waals surface area contributed by atoms with Gasteiger partial charge in [0.05, 0.1) is 12.7 Å². The topological polar surface area (TPSA) is 29.5 Å². The van der Waals surface area contributed by atoms with Crippen molar-refractivity contribution in [3.63, 3.8) is 0 Å². The van der Waals surface area contributed by atoms with E-state index in [0.717, 1.165) is 5.57 Å². The normalized spacial score (nSPS) is 16.4. The number of rotatable bonds is 6. The van der Waals surface area contributed by atoms with E-state index in [9.17, 15) is 5.11 Å². The Morgan fingerprint density at radius 3 is 2.11 bits per heavy atom. The highest BCUT2D eigenvalue weighted by Crippen LogP contribution is 2.36. The van der Waals surface area contributed by atoms with Crippen molar-refractivity contribution in [3.8, 4) is 0 Å². The molecule has 0 fully saturated rings. The molecule has 0 aromatic carbocycles. The van der Waals surface area contributed by atoms with Gasteiger partial charge in [-0.1, -0.05) is 46.8 Å². The maximum atomic E-state index is 10.3. The van der Waals surface area contributed by atoms with Crippen LogP contribution in [0.25, 0.3) is 0 Å². The number of hydrogen-bond donors (Lipinski definition) is 1. The van der Waals surface area contributed by atoms with E-state index in [1.54, 1.807) is 6.08 Å². The lowest BCUT2D eigenvalue weighted by atomic mass is 9.83. The Morgan fingerprint density at radius 1 is 1.26 bits per heavy atom.